The van der Waals surface area contributed by atoms with Crippen LogP contribution in [0, 0.1) is 0 Å². The molecule has 27 heteroatoms. The van der Waals surface area contributed by atoms with Crippen LogP contribution in [-0.4, -0.2) is 152 Å². The van der Waals surface area contributed by atoms with E-state index >= 15 is 9.59 Å². The van der Waals surface area contributed by atoms with E-state index < -0.39 is 120 Å². The molecule has 6 aromatic rings. The van der Waals surface area contributed by atoms with Gasteiger partial charge in [-0.3, -0.25) is 38.4 Å². The van der Waals surface area contributed by atoms with Crippen molar-refractivity contribution in [2.75, 3.05) is 24.6 Å². The number of aliphatic hydroxyl groups is 1. The van der Waals surface area contributed by atoms with E-state index in [1.54, 1.807) is 79.1 Å². The summed E-state index contributed by atoms with van der Waals surface area (Å²) in [5.41, 5.74) is 21.1. The van der Waals surface area contributed by atoms with Gasteiger partial charge in [0.2, 0.25) is 47.3 Å². The van der Waals surface area contributed by atoms with Gasteiger partial charge in [-0.25, -0.2) is 0 Å². The van der Waals surface area contributed by atoms with Crippen LogP contribution in [0.4, 0.5) is 0 Å². The maximum absolute atomic E-state index is 15.1. The number of nitrogens with one attached hydrogen (secondary N) is 8. The quantitative estimate of drug-likeness (QED) is 0.0162. The number of aliphatic carboxylic acids is 1. The van der Waals surface area contributed by atoms with E-state index in [-0.39, 0.29) is 76.7 Å². The molecule has 24 nitrogen and oxygen atoms in total. The number of H-pyrrole nitrogens is 2. The second kappa shape index (κ2) is 34.4. The predicted molar refractivity (Wildman–Crippen MR) is 313 cm³/mol. The number of aromatic nitrogens is 2. The second-order valence-corrected chi connectivity index (χ2v) is 20.7. The first kappa shape index (κ1) is 69.9. The smallest absolute Gasteiger partial charge is 0.246 e. The number of unbranched alkanes of at least 4 members (excludes halogenated alkanes) is 1. The van der Waals surface area contributed by atoms with E-state index in [2.05, 4.69) is 41.9 Å². The number of hydrogen-bond acceptors (Lipinski definition) is 15. The Morgan fingerprint density at radius 3 is 1.45 bits per heavy atom. The molecule has 6 rings (SSSR count). The minimum absolute atomic E-state index is 0. The molecule has 8 amide bonds. The van der Waals surface area contributed by atoms with Crippen molar-refractivity contribution >= 4 is 100 Å². The molecule has 0 bridgehead atoms. The van der Waals surface area contributed by atoms with Crippen molar-refractivity contribution in [3.05, 3.63) is 144 Å². The molecule has 9 atom stereocenters. The number of aromatic amines is 2. The van der Waals surface area contributed by atoms with Crippen LogP contribution in [0.1, 0.15) is 48.4 Å². The van der Waals surface area contributed by atoms with Gasteiger partial charge >= 0.3 is 0 Å². The van der Waals surface area contributed by atoms with E-state index in [0.717, 1.165) is 10.9 Å². The largest absolute Gasteiger partial charge is 2.00 e. The van der Waals surface area contributed by atoms with Crippen LogP contribution >= 0.6 is 0 Å². The van der Waals surface area contributed by atoms with Gasteiger partial charge in [0.25, 0.3) is 0 Å². The zero-order chi connectivity index (χ0) is 60.2. The van der Waals surface area contributed by atoms with Gasteiger partial charge < -0.3 is 110 Å². The van der Waals surface area contributed by atoms with E-state index in [0.29, 0.717) is 44.5 Å². The maximum atomic E-state index is 15.1. The molecule has 4 aromatic carbocycles. The van der Waals surface area contributed by atoms with Crippen molar-refractivity contribution < 1.29 is 79.3 Å². The summed E-state index contributed by atoms with van der Waals surface area (Å²) in [5, 5.41) is 40.8. The van der Waals surface area contributed by atoms with Crippen LogP contribution < -0.4 is 54.2 Å². The first-order chi connectivity index (χ1) is 39.8. The van der Waals surface area contributed by atoms with Gasteiger partial charge in [-0.15, -0.1) is 0 Å². The van der Waals surface area contributed by atoms with Crippen molar-refractivity contribution in [2.24, 2.45) is 17.2 Å². The van der Waals surface area contributed by atoms with Crippen LogP contribution in [0.5, 0.6) is 0 Å². The van der Waals surface area contributed by atoms with Crippen molar-refractivity contribution in [3.8, 4) is 0 Å². The number of fused-ring (bicyclic) bond motifs is 2. The summed E-state index contributed by atoms with van der Waals surface area (Å²) < 4.78 is 0. The Morgan fingerprint density at radius 1 is 0.576 bits per heavy atom. The zero-order valence-electron chi connectivity index (χ0n) is 46.3. The van der Waals surface area contributed by atoms with Gasteiger partial charge in [-0.05, 0) is 67.1 Å². The third kappa shape index (κ3) is 20.0. The van der Waals surface area contributed by atoms with Crippen LogP contribution in [0.15, 0.2) is 122 Å². The molecule has 0 unspecified atom stereocenters. The first-order valence-electron chi connectivity index (χ1n) is 26.9. The minimum Gasteiger partial charge on any atom is -2.00 e. The number of carbonyl (C=O) groups is 9. The fraction of sp³-hybridized carbons (Fsp3) is 0.362. The zero-order valence-corrected chi connectivity index (χ0v) is 50.7. The Morgan fingerprint density at radius 2 is 1.00 bits per heavy atom. The molecule has 85 heavy (non-hydrogen) atoms. The molecule has 457 valence electrons. The van der Waals surface area contributed by atoms with Gasteiger partial charge in [0.1, 0.15) is 36.3 Å². The summed E-state index contributed by atoms with van der Waals surface area (Å²) >= 11 is 10.0. The molecule has 0 spiro atoms. The fourth-order valence-corrected chi connectivity index (χ4v) is 9.88. The van der Waals surface area contributed by atoms with Crippen LogP contribution in [-0.2, 0) is 120 Å². The van der Waals surface area contributed by atoms with Crippen molar-refractivity contribution in [3.63, 3.8) is 0 Å². The number of hydrogen-bond donors (Lipinski definition) is 12. The Hall–Kier alpha value is -7.61. The molecule has 2 aromatic heterocycles. The third-order valence-corrected chi connectivity index (χ3v) is 14.5. The number of carboxylic acid groups (broad SMARTS) is 1. The van der Waals surface area contributed by atoms with Gasteiger partial charge in [-0.2, -0.15) is 11.5 Å². The Bertz CT molecular complexity index is 3210. The van der Waals surface area contributed by atoms with Crippen molar-refractivity contribution in [1.82, 2.24) is 46.8 Å². The molecule has 1 radical (unpaired) electrons. The second-order valence-electron chi connectivity index (χ2n) is 20.0. The van der Waals surface area contributed by atoms with Crippen LogP contribution in [0.2, 0.25) is 0 Å². The number of para-hydroxylation sites is 2. The number of benzene rings is 4. The topological polar surface area (TPSA) is 410 Å². The number of amides is 8. The van der Waals surface area contributed by atoms with Crippen LogP contribution in [0.3, 0.4) is 0 Å². The molecule has 15 N–H and O–H groups in total. The minimum atomic E-state index is -1.82. The standard InChI is InChI=1S/C58H72N12O11S2.O.Re/c1-33(71)50(56(78)68-47(25-35-16-6-3-7-17-35)57(79)70(30-49(61)72)48(32-83)58(80)81)69-52(74)43(22-12-13-23-59)64-54(76)45(26-36-28-62-41-20-10-8-18-38(36)41)67-55(77)46(27-37-29-63-42-21-11-9-19-39(37)42)66-53(75)44(65-51(73)40(60)31-82)24-34-14-4-2-5-15-34;;/h2-11,14-21,28-29,33,40,43-48,50,62-63,71,82-83H,12-13,22-27,30-32,59-60H2,1H3,(H2,61,72)(H,64,76)(H,65,73)(H,66,75)(H,67,77)(H,68,78)(H,69,74)(H,80,81);;/q;-2;/p-3/t33-,40-,43+,44+,45-,46+,47+,48-,50+;;/m1../s1. The first-order valence-corrected chi connectivity index (χ1v) is 28.1. The van der Waals surface area contributed by atoms with E-state index in [1.807, 2.05) is 42.5 Å². The predicted octanol–water partition coefficient (Wildman–Crippen LogP) is -1.93. The summed E-state index contributed by atoms with van der Waals surface area (Å²) in [5.74, 6) is -9.89. The maximum Gasteiger partial charge on any atom is 0.246 e. The normalized spacial score (nSPS) is 14.2. The van der Waals surface area contributed by atoms with E-state index in [1.165, 1.54) is 6.92 Å². The fourth-order valence-electron chi connectivity index (χ4n) is 9.42. The average Bonchev–Trinajstić information content (AvgIpc) is 4.09. The molecule has 0 saturated carbocycles. The summed E-state index contributed by atoms with van der Waals surface area (Å²) in [6, 6.07) is 19.7. The van der Waals surface area contributed by atoms with Gasteiger partial charge in [-0.1, -0.05) is 97.1 Å². The van der Waals surface area contributed by atoms with E-state index in [9.17, 15) is 43.8 Å². The number of carboxylic acids is 1. The van der Waals surface area contributed by atoms with Crippen molar-refractivity contribution in [2.45, 2.75) is 106 Å². The summed E-state index contributed by atoms with van der Waals surface area (Å²) in [6.45, 7) is 0.487. The summed E-state index contributed by atoms with van der Waals surface area (Å²) in [4.78, 5) is 132. The van der Waals surface area contributed by atoms with E-state index in [4.69, 9.17) is 42.5 Å². The third-order valence-electron chi connectivity index (χ3n) is 13.9. The Kier molecular flexibility index (Phi) is 28.3. The molecule has 0 aliphatic rings. The van der Waals surface area contributed by atoms with Crippen molar-refractivity contribution in [1.29, 1.82) is 0 Å². The van der Waals surface area contributed by atoms with Gasteiger partial charge in [0, 0.05) is 80.3 Å². The number of nitrogens with two attached hydrogens (primary N) is 3. The average molecular weight is 1380 g/mol. The molecular weight excluding hydrogens is 1310 g/mol. The Labute approximate surface area is 515 Å². The number of primary amides is 1. The van der Waals surface area contributed by atoms with Crippen LogP contribution in [0.25, 0.3) is 21.8 Å². The summed E-state index contributed by atoms with van der Waals surface area (Å²) in [6.07, 6.45) is 1.76. The Balaban J connectivity index is 0.00000774. The van der Waals surface area contributed by atoms with Gasteiger partial charge in [0.15, 0.2) is 0 Å². The molecule has 0 saturated heterocycles. The molecule has 0 aliphatic heterocycles. The number of nitrogens with zero attached hydrogens (tertiary/aromatic N) is 1. The molecule has 0 fully saturated rings. The van der Waals surface area contributed by atoms with Gasteiger partial charge in [0.05, 0.1) is 30.7 Å². The monoisotopic (exact) mass is 1380 g/mol. The molecular formula is C58H69N12O12ReS2-5. The SMILES string of the molecule is C[C@@H](O)[C@H](NC(=O)[C@H](CCCCN)NC(=O)[C@@H](Cc1c[nH]c2ccccc12)NC(=O)[C@H](Cc1c[nH]c2ccccc12)NC(=O)[C@H](Cc1ccccc1)NC(=O)[C@H](N)C[S-])C(=O)N[C@@H](Cc1ccccc1)C(=O)N(CC(N)=O)[C@H](C[S-])C(=O)[O-].[O-2].[Re]. The number of aliphatic hydroxyl groups excluding tert-OH is 1. The number of rotatable bonds is 32. The summed E-state index contributed by atoms with van der Waals surface area (Å²) in [7, 11) is 0. The molecule has 2 heterocycles. The molecule has 0 aliphatic carbocycles. The number of carbonyl (C=O) groups excluding carboxylic acids is 9.